The van der Waals surface area contributed by atoms with Gasteiger partial charge in [-0.1, -0.05) is 39.0 Å². The molecule has 0 atom stereocenters. The molecule has 2 N–H and O–H groups in total. The van der Waals surface area contributed by atoms with E-state index in [0.717, 1.165) is 16.6 Å². The van der Waals surface area contributed by atoms with E-state index in [4.69, 9.17) is 5.73 Å². The van der Waals surface area contributed by atoms with E-state index in [1.54, 1.807) is 6.20 Å². The number of benzene rings is 1. The second kappa shape index (κ2) is 4.17. The third-order valence-corrected chi connectivity index (χ3v) is 2.59. The summed E-state index contributed by atoms with van der Waals surface area (Å²) in [5, 5.41) is 1.08. The summed E-state index contributed by atoms with van der Waals surface area (Å²) in [7, 11) is 0. The second-order valence-corrected chi connectivity index (χ2v) is 5.13. The molecule has 0 spiro atoms. The van der Waals surface area contributed by atoms with Crippen LogP contribution in [0.1, 0.15) is 20.8 Å². The van der Waals surface area contributed by atoms with Crippen LogP contribution in [0, 0.1) is 5.41 Å². The topological polar surface area (TPSA) is 51.3 Å². The number of amidine groups is 1. The normalized spacial score (nSPS) is 13.0. The number of aromatic nitrogens is 1. The van der Waals surface area contributed by atoms with Gasteiger partial charge in [0.25, 0.3) is 0 Å². The molecule has 17 heavy (non-hydrogen) atoms. The molecule has 3 nitrogen and oxygen atoms in total. The Hall–Kier alpha value is -1.90. The lowest BCUT2D eigenvalue weighted by atomic mass is 9.95. The van der Waals surface area contributed by atoms with E-state index in [-0.39, 0.29) is 5.41 Å². The third kappa shape index (κ3) is 2.61. The van der Waals surface area contributed by atoms with Crippen molar-refractivity contribution in [2.24, 2.45) is 16.1 Å². The molecule has 88 valence electrons. The number of pyridine rings is 1. The molecule has 1 aromatic carbocycles. The van der Waals surface area contributed by atoms with Crippen molar-refractivity contribution < 1.29 is 0 Å². The van der Waals surface area contributed by atoms with Crippen LogP contribution in [-0.2, 0) is 0 Å². The maximum Gasteiger partial charge on any atom is 0.105 e. The fourth-order valence-corrected chi connectivity index (χ4v) is 1.43. The highest BCUT2D eigenvalue weighted by molar-refractivity contribution is 5.89. The van der Waals surface area contributed by atoms with Crippen molar-refractivity contribution in [3.8, 4) is 0 Å². The van der Waals surface area contributed by atoms with Crippen LogP contribution in [0.3, 0.4) is 0 Å². The monoisotopic (exact) mass is 227 g/mol. The highest BCUT2D eigenvalue weighted by Gasteiger charge is 2.15. The molecule has 2 rings (SSSR count). The van der Waals surface area contributed by atoms with E-state index >= 15 is 0 Å². The van der Waals surface area contributed by atoms with E-state index in [1.165, 1.54) is 0 Å². The summed E-state index contributed by atoms with van der Waals surface area (Å²) in [6.45, 7) is 6.13. The van der Waals surface area contributed by atoms with Gasteiger partial charge in [0.1, 0.15) is 5.84 Å². The van der Waals surface area contributed by atoms with Crippen LogP contribution in [0.4, 0.5) is 5.69 Å². The fraction of sp³-hybridized carbons (Fsp3) is 0.286. The van der Waals surface area contributed by atoms with Gasteiger partial charge in [-0.2, -0.15) is 0 Å². The smallest absolute Gasteiger partial charge is 0.105 e. The molecule has 2 aromatic rings. The lowest BCUT2D eigenvalue weighted by Gasteiger charge is -2.17. The second-order valence-electron chi connectivity index (χ2n) is 5.13. The van der Waals surface area contributed by atoms with Gasteiger partial charge in [-0.25, -0.2) is 4.99 Å². The van der Waals surface area contributed by atoms with Gasteiger partial charge in [-0.05, 0) is 12.1 Å². The Balaban J connectivity index is 2.44. The van der Waals surface area contributed by atoms with Crippen molar-refractivity contribution in [3.63, 3.8) is 0 Å². The lowest BCUT2D eigenvalue weighted by molar-refractivity contribution is 0.585. The van der Waals surface area contributed by atoms with Crippen LogP contribution >= 0.6 is 0 Å². The Labute approximate surface area is 101 Å². The van der Waals surface area contributed by atoms with E-state index in [2.05, 4.69) is 9.98 Å². The largest absolute Gasteiger partial charge is 0.387 e. The summed E-state index contributed by atoms with van der Waals surface area (Å²) in [4.78, 5) is 8.77. The van der Waals surface area contributed by atoms with Crippen LogP contribution in [0.2, 0.25) is 0 Å². The number of nitrogens with two attached hydrogens (primary N) is 1. The summed E-state index contributed by atoms with van der Waals surface area (Å²) in [6, 6.07) is 9.97. The van der Waals surface area contributed by atoms with E-state index in [1.807, 2.05) is 51.1 Å². The first-order chi connectivity index (χ1) is 7.97. The van der Waals surface area contributed by atoms with Crippen LogP contribution in [0.5, 0.6) is 0 Å². The summed E-state index contributed by atoms with van der Waals surface area (Å²) in [5.74, 6) is 0.620. The summed E-state index contributed by atoms with van der Waals surface area (Å²) in [6.07, 6.45) is 1.75. The zero-order valence-electron chi connectivity index (χ0n) is 10.4. The summed E-state index contributed by atoms with van der Waals surface area (Å²) in [5.41, 5.74) is 7.60. The lowest BCUT2D eigenvalue weighted by Crippen LogP contribution is -2.28. The number of hydrogen-bond acceptors (Lipinski definition) is 2. The molecule has 0 aliphatic heterocycles. The molecule has 0 saturated heterocycles. The number of fused-ring (bicyclic) bond motifs is 1. The Morgan fingerprint density at radius 1 is 1.24 bits per heavy atom. The molecule has 0 amide bonds. The van der Waals surface area contributed by atoms with Crippen molar-refractivity contribution >= 4 is 22.4 Å². The Morgan fingerprint density at radius 3 is 2.65 bits per heavy atom. The molecule has 0 aliphatic carbocycles. The molecule has 0 radical (unpaired) electrons. The number of aliphatic imine (C=N–C) groups is 1. The molecule has 1 aromatic heterocycles. The molecule has 1 heterocycles. The number of nitrogens with zero attached hydrogens (tertiary/aromatic N) is 2. The molecule has 0 saturated carbocycles. The van der Waals surface area contributed by atoms with Gasteiger partial charge in [0.05, 0.1) is 17.4 Å². The van der Waals surface area contributed by atoms with E-state index in [0.29, 0.717) is 5.84 Å². The zero-order valence-corrected chi connectivity index (χ0v) is 10.4. The zero-order chi connectivity index (χ0) is 12.5. The van der Waals surface area contributed by atoms with E-state index < -0.39 is 0 Å². The Kier molecular flexibility index (Phi) is 2.84. The SMILES string of the molecule is CC(C)(C)C(N)=Nc1cnc2ccccc2c1. The van der Waals surface area contributed by atoms with Gasteiger partial charge in [0.15, 0.2) is 0 Å². The van der Waals surface area contributed by atoms with Crippen LogP contribution in [-0.4, -0.2) is 10.8 Å². The summed E-state index contributed by atoms with van der Waals surface area (Å²) < 4.78 is 0. The maximum atomic E-state index is 5.95. The average molecular weight is 227 g/mol. The maximum absolute atomic E-state index is 5.95. The molecule has 0 aliphatic rings. The Bertz CT molecular complexity index is 565. The molecular weight excluding hydrogens is 210 g/mol. The highest BCUT2D eigenvalue weighted by Crippen LogP contribution is 2.21. The molecular formula is C14H17N3. The van der Waals surface area contributed by atoms with Gasteiger partial charge >= 0.3 is 0 Å². The van der Waals surface area contributed by atoms with Crippen LogP contribution in [0.15, 0.2) is 41.5 Å². The first kappa shape index (κ1) is 11.6. The fourth-order valence-electron chi connectivity index (χ4n) is 1.43. The minimum absolute atomic E-state index is 0.119. The highest BCUT2D eigenvalue weighted by atomic mass is 14.9. The van der Waals surface area contributed by atoms with Gasteiger partial charge in [-0.15, -0.1) is 0 Å². The number of para-hydroxylation sites is 1. The first-order valence-electron chi connectivity index (χ1n) is 5.66. The predicted molar refractivity (Wildman–Crippen MR) is 72.5 cm³/mol. The van der Waals surface area contributed by atoms with Crippen molar-refractivity contribution in [2.45, 2.75) is 20.8 Å². The minimum atomic E-state index is -0.119. The van der Waals surface area contributed by atoms with Gasteiger partial charge < -0.3 is 5.73 Å². The average Bonchev–Trinajstić information content (AvgIpc) is 2.27. The third-order valence-electron chi connectivity index (χ3n) is 2.59. The molecule has 0 unspecified atom stereocenters. The van der Waals surface area contributed by atoms with Crippen molar-refractivity contribution in [1.82, 2.24) is 4.98 Å². The molecule has 0 bridgehead atoms. The Morgan fingerprint density at radius 2 is 1.94 bits per heavy atom. The quantitative estimate of drug-likeness (QED) is 0.600. The number of hydrogen-bond donors (Lipinski definition) is 1. The van der Waals surface area contributed by atoms with Crippen LogP contribution < -0.4 is 5.73 Å². The molecule has 0 fully saturated rings. The van der Waals surface area contributed by atoms with Gasteiger partial charge in [0.2, 0.25) is 0 Å². The van der Waals surface area contributed by atoms with Crippen LogP contribution in [0.25, 0.3) is 10.9 Å². The predicted octanol–water partition coefficient (Wildman–Crippen LogP) is 3.27. The van der Waals surface area contributed by atoms with Crippen molar-refractivity contribution in [2.75, 3.05) is 0 Å². The number of rotatable bonds is 1. The first-order valence-corrected chi connectivity index (χ1v) is 5.66. The standard InChI is InChI=1S/C14H17N3/c1-14(2,3)13(15)17-11-8-10-6-4-5-7-12(10)16-9-11/h4-9H,1-3H3,(H2,15,17). The van der Waals surface area contributed by atoms with Gasteiger partial charge in [0, 0.05) is 10.8 Å². The summed E-state index contributed by atoms with van der Waals surface area (Å²) >= 11 is 0. The van der Waals surface area contributed by atoms with E-state index in [9.17, 15) is 0 Å². The van der Waals surface area contributed by atoms with Crippen molar-refractivity contribution in [3.05, 3.63) is 36.5 Å². The van der Waals surface area contributed by atoms with Gasteiger partial charge in [-0.3, -0.25) is 4.98 Å². The minimum Gasteiger partial charge on any atom is -0.387 e. The van der Waals surface area contributed by atoms with Crippen molar-refractivity contribution in [1.29, 1.82) is 0 Å². The molecule has 3 heteroatoms.